The summed E-state index contributed by atoms with van der Waals surface area (Å²) in [6.07, 6.45) is 0.741. The van der Waals surface area contributed by atoms with Gasteiger partial charge in [-0.25, -0.2) is 4.39 Å². The second-order valence-electron chi connectivity index (χ2n) is 4.35. The maximum absolute atomic E-state index is 12.7. The quantitative estimate of drug-likeness (QED) is 0.761. The van der Waals surface area contributed by atoms with Gasteiger partial charge >= 0.3 is 0 Å². The van der Waals surface area contributed by atoms with E-state index in [2.05, 4.69) is 5.32 Å². The van der Waals surface area contributed by atoms with Gasteiger partial charge in [-0.1, -0.05) is 0 Å². The summed E-state index contributed by atoms with van der Waals surface area (Å²) in [5.41, 5.74) is 0.321. The minimum absolute atomic E-state index is 0.0836. The highest BCUT2D eigenvalue weighted by atomic mass is 19.1. The third-order valence-corrected chi connectivity index (χ3v) is 2.77. The van der Waals surface area contributed by atoms with Crippen LogP contribution >= 0.6 is 0 Å². The van der Waals surface area contributed by atoms with E-state index in [4.69, 9.17) is 4.74 Å². The first-order valence-electron chi connectivity index (χ1n) is 6.31. The average Bonchev–Trinajstić information content (AvgIpc) is 2.45. The second-order valence-corrected chi connectivity index (χ2v) is 4.35. The lowest BCUT2D eigenvalue weighted by Gasteiger charge is -2.17. The topological polar surface area (TPSA) is 58.6 Å². The molecule has 20 heavy (non-hydrogen) atoms. The Labute approximate surface area is 117 Å². The van der Waals surface area contributed by atoms with E-state index in [-0.39, 0.29) is 12.5 Å². The van der Waals surface area contributed by atoms with E-state index >= 15 is 0 Å². The molecule has 0 aliphatic rings. The Hall–Kier alpha value is -1.95. The Morgan fingerprint density at radius 2 is 1.95 bits per heavy atom. The molecule has 0 saturated heterocycles. The van der Waals surface area contributed by atoms with Crippen LogP contribution in [0, 0.1) is 5.82 Å². The lowest BCUT2D eigenvalue weighted by Crippen LogP contribution is -2.38. The van der Waals surface area contributed by atoms with Crippen LogP contribution in [-0.2, 0) is 9.53 Å². The summed E-state index contributed by atoms with van der Waals surface area (Å²) >= 11 is 0. The van der Waals surface area contributed by atoms with Crippen molar-refractivity contribution in [2.45, 2.75) is 6.42 Å². The van der Waals surface area contributed by atoms with Crippen LogP contribution in [0.2, 0.25) is 0 Å². The molecule has 0 bridgehead atoms. The number of rotatable bonds is 7. The van der Waals surface area contributed by atoms with Gasteiger partial charge in [-0.2, -0.15) is 0 Å². The molecule has 0 atom stereocenters. The molecule has 0 aliphatic heterocycles. The summed E-state index contributed by atoms with van der Waals surface area (Å²) < 4.78 is 17.6. The molecule has 1 N–H and O–H groups in total. The van der Waals surface area contributed by atoms with E-state index in [1.165, 1.54) is 29.2 Å². The summed E-state index contributed by atoms with van der Waals surface area (Å²) in [5, 5.41) is 2.51. The van der Waals surface area contributed by atoms with Gasteiger partial charge in [-0.3, -0.25) is 9.59 Å². The molecule has 6 heteroatoms. The molecule has 0 aromatic heterocycles. The van der Waals surface area contributed by atoms with Gasteiger partial charge in [0, 0.05) is 32.9 Å². The van der Waals surface area contributed by atoms with E-state index in [9.17, 15) is 14.0 Å². The fourth-order valence-corrected chi connectivity index (χ4v) is 1.56. The molecule has 2 amide bonds. The van der Waals surface area contributed by atoms with E-state index in [1.807, 2.05) is 0 Å². The van der Waals surface area contributed by atoms with Gasteiger partial charge in [0.15, 0.2) is 0 Å². The summed E-state index contributed by atoms with van der Waals surface area (Å²) in [6.45, 7) is 1.07. The van der Waals surface area contributed by atoms with Crippen LogP contribution in [0.1, 0.15) is 16.8 Å². The van der Waals surface area contributed by atoms with Crippen LogP contribution < -0.4 is 5.32 Å². The zero-order valence-corrected chi connectivity index (χ0v) is 11.7. The Kier molecular flexibility index (Phi) is 6.66. The van der Waals surface area contributed by atoms with Crippen molar-refractivity contribution in [1.29, 1.82) is 0 Å². The highest BCUT2D eigenvalue weighted by Gasteiger charge is 2.11. The first kappa shape index (κ1) is 16.1. The van der Waals surface area contributed by atoms with Crippen molar-refractivity contribution in [1.82, 2.24) is 10.2 Å². The van der Waals surface area contributed by atoms with Crippen LogP contribution in [0.25, 0.3) is 0 Å². The van der Waals surface area contributed by atoms with Gasteiger partial charge in [-0.15, -0.1) is 0 Å². The van der Waals surface area contributed by atoms with Crippen LogP contribution in [0.3, 0.4) is 0 Å². The van der Waals surface area contributed by atoms with Crippen molar-refractivity contribution in [2.24, 2.45) is 0 Å². The molecular formula is C14H19FN2O3. The molecule has 0 aliphatic carbocycles. The molecular weight excluding hydrogens is 263 g/mol. The Morgan fingerprint density at radius 3 is 2.55 bits per heavy atom. The number of hydrogen-bond donors (Lipinski definition) is 1. The fourth-order valence-electron chi connectivity index (χ4n) is 1.56. The minimum Gasteiger partial charge on any atom is -0.385 e. The Bertz CT molecular complexity index is 448. The van der Waals surface area contributed by atoms with Crippen molar-refractivity contribution >= 4 is 11.8 Å². The molecule has 1 aromatic carbocycles. The lowest BCUT2D eigenvalue weighted by molar-refractivity contribution is -0.128. The maximum Gasteiger partial charge on any atom is 0.251 e. The van der Waals surface area contributed by atoms with Gasteiger partial charge in [0.2, 0.25) is 5.91 Å². The van der Waals surface area contributed by atoms with Gasteiger partial charge in [0.1, 0.15) is 5.82 Å². The largest absolute Gasteiger partial charge is 0.385 e. The number of nitrogens with one attached hydrogen (secondary N) is 1. The standard InChI is InChI=1S/C14H19FN2O3/c1-17(8-3-9-20-2)13(18)10-16-14(19)11-4-6-12(15)7-5-11/h4-7H,3,8-10H2,1-2H3,(H,16,19). The lowest BCUT2D eigenvalue weighted by atomic mass is 10.2. The number of carbonyl (C=O) groups is 2. The fraction of sp³-hybridized carbons (Fsp3) is 0.429. The second kappa shape index (κ2) is 8.27. The molecule has 110 valence electrons. The van der Waals surface area contributed by atoms with Gasteiger partial charge in [0.05, 0.1) is 6.54 Å². The van der Waals surface area contributed by atoms with Crippen LogP contribution in [0.15, 0.2) is 24.3 Å². The van der Waals surface area contributed by atoms with Crippen LogP contribution in [0.4, 0.5) is 4.39 Å². The monoisotopic (exact) mass is 282 g/mol. The molecule has 5 nitrogen and oxygen atoms in total. The minimum atomic E-state index is -0.407. The zero-order valence-electron chi connectivity index (χ0n) is 11.7. The third-order valence-electron chi connectivity index (χ3n) is 2.77. The molecule has 0 saturated carbocycles. The number of ether oxygens (including phenoxy) is 1. The number of carbonyl (C=O) groups excluding carboxylic acids is 2. The average molecular weight is 282 g/mol. The molecule has 1 rings (SSSR count). The number of halogens is 1. The van der Waals surface area contributed by atoms with E-state index in [1.54, 1.807) is 14.2 Å². The SMILES string of the molecule is COCCCN(C)C(=O)CNC(=O)c1ccc(F)cc1. The van der Waals surface area contributed by atoms with Crippen molar-refractivity contribution in [3.63, 3.8) is 0 Å². The molecule has 0 spiro atoms. The summed E-state index contributed by atoms with van der Waals surface area (Å²) in [4.78, 5) is 25.0. The number of amides is 2. The molecule has 0 radical (unpaired) electrons. The molecule has 0 fully saturated rings. The smallest absolute Gasteiger partial charge is 0.251 e. The van der Waals surface area contributed by atoms with Crippen molar-refractivity contribution < 1.29 is 18.7 Å². The number of benzene rings is 1. The number of likely N-dealkylation sites (N-methyl/N-ethyl adjacent to an activating group) is 1. The zero-order chi connectivity index (χ0) is 15.0. The highest BCUT2D eigenvalue weighted by molar-refractivity contribution is 5.96. The molecule has 1 aromatic rings. The Balaban J connectivity index is 2.36. The van der Waals surface area contributed by atoms with Crippen LogP contribution in [0.5, 0.6) is 0 Å². The van der Waals surface area contributed by atoms with Crippen molar-refractivity contribution in [3.05, 3.63) is 35.6 Å². The molecule has 0 heterocycles. The van der Waals surface area contributed by atoms with Gasteiger partial charge < -0.3 is 15.0 Å². The number of methoxy groups -OCH3 is 1. The highest BCUT2D eigenvalue weighted by Crippen LogP contribution is 2.02. The Morgan fingerprint density at radius 1 is 1.30 bits per heavy atom. The summed E-state index contributed by atoms with van der Waals surface area (Å²) in [5.74, 6) is -0.990. The number of hydrogen-bond acceptors (Lipinski definition) is 3. The summed E-state index contributed by atoms with van der Waals surface area (Å²) in [6, 6.07) is 5.15. The maximum atomic E-state index is 12.7. The van der Waals surface area contributed by atoms with Crippen molar-refractivity contribution in [2.75, 3.05) is 33.9 Å². The van der Waals surface area contributed by atoms with Gasteiger partial charge in [0.25, 0.3) is 5.91 Å². The van der Waals surface area contributed by atoms with Gasteiger partial charge in [-0.05, 0) is 30.7 Å². The number of nitrogens with zero attached hydrogens (tertiary/aromatic N) is 1. The predicted molar refractivity (Wildman–Crippen MR) is 72.9 cm³/mol. The molecule has 0 unspecified atom stereocenters. The van der Waals surface area contributed by atoms with E-state index in [0.29, 0.717) is 18.7 Å². The first-order valence-corrected chi connectivity index (χ1v) is 6.31. The van der Waals surface area contributed by atoms with E-state index < -0.39 is 11.7 Å². The normalized spacial score (nSPS) is 10.2. The van der Waals surface area contributed by atoms with Crippen LogP contribution in [-0.4, -0.2) is 50.6 Å². The first-order chi connectivity index (χ1) is 9.54. The predicted octanol–water partition coefficient (Wildman–Crippen LogP) is 1.05. The third kappa shape index (κ3) is 5.36. The van der Waals surface area contributed by atoms with E-state index in [0.717, 1.165) is 6.42 Å². The van der Waals surface area contributed by atoms with Crippen molar-refractivity contribution in [3.8, 4) is 0 Å². The summed E-state index contributed by atoms with van der Waals surface area (Å²) in [7, 11) is 3.27.